The summed E-state index contributed by atoms with van der Waals surface area (Å²) in [6.45, 7) is 3.25. The fraction of sp³-hybridized carbons (Fsp3) is 0.350. The van der Waals surface area contributed by atoms with Crippen molar-refractivity contribution in [3.8, 4) is 0 Å². The number of benzene rings is 1. The Kier molecular flexibility index (Phi) is 5.25. The molecule has 1 N–H and O–H groups in total. The number of para-hydroxylation sites is 1. The summed E-state index contributed by atoms with van der Waals surface area (Å²) in [7, 11) is 0. The normalized spacial score (nSPS) is 14.0. The molecule has 4 rings (SSSR count). The summed E-state index contributed by atoms with van der Waals surface area (Å²) in [6, 6.07) is 10.4. The van der Waals surface area contributed by atoms with Crippen molar-refractivity contribution in [3.05, 3.63) is 53.4 Å². The molecule has 0 spiro atoms. The highest BCUT2D eigenvalue weighted by atomic mass is 35.5. The second-order valence-electron chi connectivity index (χ2n) is 6.74. The summed E-state index contributed by atoms with van der Waals surface area (Å²) in [4.78, 5) is 23.2. The van der Waals surface area contributed by atoms with Gasteiger partial charge in [-0.1, -0.05) is 29.8 Å². The van der Waals surface area contributed by atoms with Gasteiger partial charge in [0.15, 0.2) is 5.69 Å². The molecule has 1 fully saturated rings. The maximum Gasteiger partial charge on any atom is 0.271 e. The molecule has 0 radical (unpaired) electrons. The molecule has 0 saturated carbocycles. The Morgan fingerprint density at radius 3 is 2.85 bits per heavy atom. The number of carbonyl (C=O) groups excluding carboxylic acids is 1. The van der Waals surface area contributed by atoms with Gasteiger partial charge in [0.25, 0.3) is 5.91 Å². The van der Waals surface area contributed by atoms with E-state index in [0.29, 0.717) is 12.5 Å². The molecule has 0 unspecified atom stereocenters. The van der Waals surface area contributed by atoms with E-state index in [-0.39, 0.29) is 16.6 Å². The molecule has 0 aliphatic carbocycles. The summed E-state index contributed by atoms with van der Waals surface area (Å²) in [6.07, 6.45) is 6.68. The molecule has 0 atom stereocenters. The maximum atomic E-state index is 12.5. The number of halogens is 1. The van der Waals surface area contributed by atoms with E-state index in [4.69, 9.17) is 11.6 Å². The van der Waals surface area contributed by atoms with Crippen LogP contribution in [0.25, 0.3) is 10.9 Å². The predicted octanol–water partition coefficient (Wildman–Crippen LogP) is 3.51. The molecule has 1 aromatic carbocycles. The second-order valence-corrected chi connectivity index (χ2v) is 7.15. The van der Waals surface area contributed by atoms with Crippen molar-refractivity contribution < 1.29 is 4.79 Å². The Bertz CT molecular complexity index is 948. The third-order valence-corrected chi connectivity index (χ3v) is 5.15. The molecular formula is C20H22ClN5O. The van der Waals surface area contributed by atoms with Crippen molar-refractivity contribution in [3.63, 3.8) is 0 Å². The number of rotatable bonds is 6. The van der Waals surface area contributed by atoms with Gasteiger partial charge in [-0.3, -0.25) is 4.79 Å². The first-order valence-electron chi connectivity index (χ1n) is 9.32. The van der Waals surface area contributed by atoms with Crippen LogP contribution in [0.5, 0.6) is 0 Å². The first-order chi connectivity index (χ1) is 13.2. The Morgan fingerprint density at radius 2 is 2.00 bits per heavy atom. The standard InChI is InChI=1S/C20H22ClN5O/c21-16-14-23-20(26-10-3-4-11-26)24-18(16)19(27)22-9-5-12-25-13-8-15-6-1-2-7-17(15)25/h1-2,6-8,13-14H,3-5,9-12H2,(H,22,27). The van der Waals surface area contributed by atoms with Gasteiger partial charge in [-0.25, -0.2) is 9.97 Å². The van der Waals surface area contributed by atoms with E-state index in [1.807, 2.05) is 12.1 Å². The van der Waals surface area contributed by atoms with E-state index in [1.54, 1.807) is 0 Å². The Balaban J connectivity index is 1.34. The van der Waals surface area contributed by atoms with E-state index in [2.05, 4.69) is 49.1 Å². The van der Waals surface area contributed by atoms with Crippen LogP contribution in [0.2, 0.25) is 5.02 Å². The lowest BCUT2D eigenvalue weighted by Crippen LogP contribution is -2.28. The maximum absolute atomic E-state index is 12.5. The number of hydrogen-bond donors (Lipinski definition) is 1. The zero-order chi connectivity index (χ0) is 18.6. The number of nitrogens with one attached hydrogen (secondary N) is 1. The van der Waals surface area contributed by atoms with Gasteiger partial charge in [0, 0.05) is 37.9 Å². The van der Waals surface area contributed by atoms with Crippen molar-refractivity contribution in [1.82, 2.24) is 19.9 Å². The summed E-state index contributed by atoms with van der Waals surface area (Å²) in [5.74, 6) is 0.334. The molecular weight excluding hydrogens is 362 g/mol. The quantitative estimate of drug-likeness (QED) is 0.662. The summed E-state index contributed by atoms with van der Waals surface area (Å²) >= 11 is 6.15. The number of carbonyl (C=O) groups is 1. The monoisotopic (exact) mass is 383 g/mol. The zero-order valence-corrected chi connectivity index (χ0v) is 15.8. The first-order valence-corrected chi connectivity index (χ1v) is 9.70. The number of hydrogen-bond acceptors (Lipinski definition) is 4. The van der Waals surface area contributed by atoms with Crippen LogP contribution in [-0.2, 0) is 6.54 Å². The molecule has 3 aromatic rings. The second kappa shape index (κ2) is 7.96. The minimum absolute atomic E-state index is 0.250. The molecule has 3 heterocycles. The predicted molar refractivity (Wildman–Crippen MR) is 107 cm³/mol. The van der Waals surface area contributed by atoms with E-state index in [9.17, 15) is 4.79 Å². The van der Waals surface area contributed by atoms with Crippen molar-refractivity contribution in [1.29, 1.82) is 0 Å². The Hall–Kier alpha value is -2.60. The van der Waals surface area contributed by atoms with Gasteiger partial charge in [0.05, 0.1) is 11.2 Å². The summed E-state index contributed by atoms with van der Waals surface area (Å²) in [5.41, 5.74) is 1.46. The SMILES string of the molecule is O=C(NCCCn1ccc2ccccc21)c1nc(N2CCCC2)ncc1Cl. The minimum atomic E-state index is -0.250. The lowest BCUT2D eigenvalue weighted by Gasteiger charge is -2.16. The minimum Gasteiger partial charge on any atom is -0.351 e. The number of fused-ring (bicyclic) bond motifs is 1. The van der Waals surface area contributed by atoms with Crippen molar-refractivity contribution in [2.45, 2.75) is 25.8 Å². The molecule has 0 bridgehead atoms. The molecule has 27 heavy (non-hydrogen) atoms. The van der Waals surface area contributed by atoms with Crippen LogP contribution in [0.4, 0.5) is 5.95 Å². The molecule has 140 valence electrons. The van der Waals surface area contributed by atoms with Crippen molar-refractivity contribution in [2.75, 3.05) is 24.5 Å². The van der Waals surface area contributed by atoms with Crippen molar-refractivity contribution in [2.24, 2.45) is 0 Å². The van der Waals surface area contributed by atoms with Crippen LogP contribution >= 0.6 is 11.6 Å². The van der Waals surface area contributed by atoms with E-state index in [1.165, 1.54) is 17.1 Å². The van der Waals surface area contributed by atoms with Gasteiger partial charge in [-0.05, 0) is 36.8 Å². The van der Waals surface area contributed by atoms with E-state index in [0.717, 1.165) is 38.9 Å². The smallest absolute Gasteiger partial charge is 0.271 e. The number of aryl methyl sites for hydroxylation is 1. The Labute approximate surface area is 163 Å². The van der Waals surface area contributed by atoms with E-state index >= 15 is 0 Å². The van der Waals surface area contributed by atoms with Gasteiger partial charge in [0.2, 0.25) is 5.95 Å². The largest absolute Gasteiger partial charge is 0.351 e. The molecule has 1 aliphatic rings. The van der Waals surface area contributed by atoms with Crippen LogP contribution < -0.4 is 10.2 Å². The van der Waals surface area contributed by atoms with Crippen LogP contribution in [0.1, 0.15) is 29.8 Å². The summed E-state index contributed by atoms with van der Waals surface area (Å²) < 4.78 is 2.20. The van der Waals surface area contributed by atoms with Crippen molar-refractivity contribution >= 4 is 34.4 Å². The van der Waals surface area contributed by atoms with E-state index < -0.39 is 0 Å². The molecule has 1 saturated heterocycles. The highest BCUT2D eigenvalue weighted by Gasteiger charge is 2.19. The number of aromatic nitrogens is 3. The molecule has 1 amide bonds. The molecule has 1 aliphatic heterocycles. The van der Waals surface area contributed by atoms with Gasteiger partial charge >= 0.3 is 0 Å². The van der Waals surface area contributed by atoms with Gasteiger partial charge in [-0.15, -0.1) is 0 Å². The van der Waals surface area contributed by atoms with Crippen LogP contribution in [0, 0.1) is 0 Å². The Morgan fingerprint density at radius 1 is 1.19 bits per heavy atom. The average Bonchev–Trinajstić information content (AvgIpc) is 3.36. The molecule has 7 heteroatoms. The topological polar surface area (TPSA) is 63.1 Å². The molecule has 2 aromatic heterocycles. The van der Waals surface area contributed by atoms with Gasteiger partial charge in [-0.2, -0.15) is 0 Å². The number of amides is 1. The highest BCUT2D eigenvalue weighted by Crippen LogP contribution is 2.20. The van der Waals surface area contributed by atoms with Gasteiger partial charge < -0.3 is 14.8 Å². The van der Waals surface area contributed by atoms with Crippen LogP contribution in [0.15, 0.2) is 42.7 Å². The lowest BCUT2D eigenvalue weighted by molar-refractivity contribution is 0.0948. The third-order valence-electron chi connectivity index (χ3n) is 4.88. The average molecular weight is 384 g/mol. The number of anilines is 1. The lowest BCUT2D eigenvalue weighted by atomic mass is 10.2. The highest BCUT2D eigenvalue weighted by molar-refractivity contribution is 6.33. The summed E-state index contributed by atoms with van der Waals surface area (Å²) in [5, 5.41) is 4.43. The fourth-order valence-corrected chi connectivity index (χ4v) is 3.63. The fourth-order valence-electron chi connectivity index (χ4n) is 3.46. The number of nitrogens with zero attached hydrogens (tertiary/aromatic N) is 4. The van der Waals surface area contributed by atoms with Crippen LogP contribution in [-0.4, -0.2) is 40.1 Å². The first kappa shape index (κ1) is 17.8. The molecule has 6 nitrogen and oxygen atoms in total. The van der Waals surface area contributed by atoms with Gasteiger partial charge in [0.1, 0.15) is 0 Å². The van der Waals surface area contributed by atoms with Crippen LogP contribution in [0.3, 0.4) is 0 Å². The third kappa shape index (κ3) is 3.90. The zero-order valence-electron chi connectivity index (χ0n) is 15.1.